The van der Waals surface area contributed by atoms with Crippen molar-refractivity contribution in [1.82, 2.24) is 15.3 Å². The van der Waals surface area contributed by atoms with Crippen LogP contribution in [0.3, 0.4) is 0 Å². The van der Waals surface area contributed by atoms with Crippen LogP contribution in [-0.4, -0.2) is 29.6 Å². The Hall–Kier alpha value is -1.16. The topological polar surface area (TPSA) is 41.1 Å². The molecule has 0 unspecified atom stereocenters. The average Bonchev–Trinajstić information content (AvgIpc) is 2.47. The lowest BCUT2D eigenvalue weighted by molar-refractivity contribution is 0.376. The fourth-order valence-electron chi connectivity index (χ4n) is 2.90. The number of rotatable bonds is 6. The zero-order valence-electron chi connectivity index (χ0n) is 13.2. The normalized spacial score (nSPS) is 16.6. The SMILES string of the molecule is CCCC1CCN(c2ncc(CNCC)c(C)n2)CC1. The van der Waals surface area contributed by atoms with E-state index in [0.717, 1.165) is 43.7 Å². The number of aromatic nitrogens is 2. The molecule has 1 N–H and O–H groups in total. The third-order valence-electron chi connectivity index (χ3n) is 4.23. The highest BCUT2D eigenvalue weighted by Crippen LogP contribution is 2.24. The van der Waals surface area contributed by atoms with Crippen LogP contribution in [0.4, 0.5) is 5.95 Å². The van der Waals surface area contributed by atoms with Gasteiger partial charge in [0.15, 0.2) is 0 Å². The molecule has 0 radical (unpaired) electrons. The molecule has 4 nitrogen and oxygen atoms in total. The van der Waals surface area contributed by atoms with Gasteiger partial charge in [0.2, 0.25) is 5.95 Å². The monoisotopic (exact) mass is 276 g/mol. The van der Waals surface area contributed by atoms with E-state index in [9.17, 15) is 0 Å². The number of aryl methyl sites for hydroxylation is 1. The van der Waals surface area contributed by atoms with E-state index in [2.05, 4.69) is 36.0 Å². The summed E-state index contributed by atoms with van der Waals surface area (Å²) in [6.45, 7) is 10.5. The van der Waals surface area contributed by atoms with Gasteiger partial charge in [-0.2, -0.15) is 0 Å². The highest BCUT2D eigenvalue weighted by molar-refractivity contribution is 5.33. The van der Waals surface area contributed by atoms with E-state index in [-0.39, 0.29) is 0 Å². The molecular weight excluding hydrogens is 248 g/mol. The van der Waals surface area contributed by atoms with Crippen LogP contribution in [0.2, 0.25) is 0 Å². The summed E-state index contributed by atoms with van der Waals surface area (Å²) >= 11 is 0. The van der Waals surface area contributed by atoms with Crippen LogP contribution < -0.4 is 10.2 Å². The molecule has 1 aromatic heterocycles. The van der Waals surface area contributed by atoms with Gasteiger partial charge in [0.05, 0.1) is 0 Å². The molecule has 1 aromatic rings. The summed E-state index contributed by atoms with van der Waals surface area (Å²) in [5.41, 5.74) is 2.31. The smallest absolute Gasteiger partial charge is 0.225 e. The van der Waals surface area contributed by atoms with Crippen molar-refractivity contribution in [2.45, 2.75) is 53.0 Å². The lowest BCUT2D eigenvalue weighted by Crippen LogP contribution is -2.35. The number of anilines is 1. The van der Waals surface area contributed by atoms with Crippen molar-refractivity contribution in [1.29, 1.82) is 0 Å². The van der Waals surface area contributed by atoms with E-state index in [1.807, 2.05) is 6.20 Å². The van der Waals surface area contributed by atoms with Crippen molar-refractivity contribution in [3.63, 3.8) is 0 Å². The molecule has 0 spiro atoms. The van der Waals surface area contributed by atoms with Gasteiger partial charge in [0.1, 0.15) is 0 Å². The minimum Gasteiger partial charge on any atom is -0.341 e. The van der Waals surface area contributed by atoms with Gasteiger partial charge in [-0.25, -0.2) is 9.97 Å². The van der Waals surface area contributed by atoms with E-state index in [0.29, 0.717) is 0 Å². The number of hydrogen-bond donors (Lipinski definition) is 1. The quantitative estimate of drug-likeness (QED) is 0.867. The molecular formula is C16H28N4. The molecule has 0 aromatic carbocycles. The molecule has 0 atom stereocenters. The fourth-order valence-corrected chi connectivity index (χ4v) is 2.90. The zero-order chi connectivity index (χ0) is 14.4. The van der Waals surface area contributed by atoms with Crippen LogP contribution in [0.5, 0.6) is 0 Å². The maximum atomic E-state index is 4.70. The number of nitrogens with zero attached hydrogens (tertiary/aromatic N) is 3. The Kier molecular flexibility index (Phi) is 5.77. The first-order chi connectivity index (χ1) is 9.74. The van der Waals surface area contributed by atoms with Crippen LogP contribution in [-0.2, 0) is 6.54 Å². The highest BCUT2D eigenvalue weighted by atomic mass is 15.3. The third-order valence-corrected chi connectivity index (χ3v) is 4.23. The van der Waals surface area contributed by atoms with E-state index in [1.165, 1.54) is 31.2 Å². The van der Waals surface area contributed by atoms with Crippen molar-refractivity contribution in [2.75, 3.05) is 24.5 Å². The Bertz CT molecular complexity index is 411. The largest absolute Gasteiger partial charge is 0.341 e. The molecule has 4 heteroatoms. The lowest BCUT2D eigenvalue weighted by Gasteiger charge is -2.32. The zero-order valence-corrected chi connectivity index (χ0v) is 13.2. The number of nitrogens with one attached hydrogen (secondary N) is 1. The van der Waals surface area contributed by atoms with Crippen LogP contribution in [0, 0.1) is 12.8 Å². The van der Waals surface area contributed by atoms with Crippen molar-refractivity contribution >= 4 is 5.95 Å². The van der Waals surface area contributed by atoms with E-state index >= 15 is 0 Å². The molecule has 20 heavy (non-hydrogen) atoms. The molecule has 2 heterocycles. The summed E-state index contributed by atoms with van der Waals surface area (Å²) in [6.07, 6.45) is 7.23. The maximum Gasteiger partial charge on any atom is 0.225 e. The van der Waals surface area contributed by atoms with Gasteiger partial charge in [0, 0.05) is 37.1 Å². The van der Waals surface area contributed by atoms with Gasteiger partial charge in [-0.05, 0) is 32.2 Å². The van der Waals surface area contributed by atoms with Gasteiger partial charge in [-0.3, -0.25) is 0 Å². The van der Waals surface area contributed by atoms with E-state index < -0.39 is 0 Å². The molecule has 112 valence electrons. The minimum absolute atomic E-state index is 0.862. The van der Waals surface area contributed by atoms with Crippen molar-refractivity contribution in [3.05, 3.63) is 17.5 Å². The Morgan fingerprint density at radius 1 is 1.30 bits per heavy atom. The predicted octanol–water partition coefficient (Wildman–Crippen LogP) is 2.91. The average molecular weight is 276 g/mol. The molecule has 1 aliphatic heterocycles. The van der Waals surface area contributed by atoms with Crippen molar-refractivity contribution in [3.8, 4) is 0 Å². The summed E-state index contributed by atoms with van der Waals surface area (Å²) in [6, 6.07) is 0. The van der Waals surface area contributed by atoms with Gasteiger partial charge in [0.25, 0.3) is 0 Å². The molecule has 0 amide bonds. The van der Waals surface area contributed by atoms with Gasteiger partial charge in [-0.1, -0.05) is 26.7 Å². The minimum atomic E-state index is 0.862. The molecule has 1 saturated heterocycles. The Morgan fingerprint density at radius 2 is 2.05 bits per heavy atom. The summed E-state index contributed by atoms with van der Waals surface area (Å²) in [4.78, 5) is 11.6. The Balaban J connectivity index is 1.95. The highest BCUT2D eigenvalue weighted by Gasteiger charge is 2.20. The summed E-state index contributed by atoms with van der Waals surface area (Å²) in [5.74, 6) is 1.82. The third kappa shape index (κ3) is 3.92. The van der Waals surface area contributed by atoms with E-state index in [1.54, 1.807) is 0 Å². The second-order valence-corrected chi connectivity index (χ2v) is 5.78. The lowest BCUT2D eigenvalue weighted by atomic mass is 9.93. The molecule has 0 aliphatic carbocycles. The summed E-state index contributed by atoms with van der Waals surface area (Å²) in [5, 5.41) is 3.33. The van der Waals surface area contributed by atoms with Crippen LogP contribution in [0.1, 0.15) is 50.8 Å². The first kappa shape index (κ1) is 15.2. The molecule has 0 bridgehead atoms. The van der Waals surface area contributed by atoms with Crippen molar-refractivity contribution in [2.24, 2.45) is 5.92 Å². The maximum absolute atomic E-state index is 4.70. The number of piperidine rings is 1. The van der Waals surface area contributed by atoms with Crippen LogP contribution in [0.15, 0.2) is 6.20 Å². The fraction of sp³-hybridized carbons (Fsp3) is 0.750. The Labute approximate surface area is 123 Å². The summed E-state index contributed by atoms with van der Waals surface area (Å²) in [7, 11) is 0. The summed E-state index contributed by atoms with van der Waals surface area (Å²) < 4.78 is 0. The predicted molar refractivity (Wildman–Crippen MR) is 84.0 cm³/mol. The number of hydrogen-bond acceptors (Lipinski definition) is 4. The second-order valence-electron chi connectivity index (χ2n) is 5.78. The molecule has 0 saturated carbocycles. The van der Waals surface area contributed by atoms with Gasteiger partial charge < -0.3 is 10.2 Å². The standard InChI is InChI=1S/C16H28N4/c1-4-6-14-7-9-20(10-8-14)16-18-12-15(11-17-5-2)13(3)19-16/h12,14,17H,4-11H2,1-3H3. The van der Waals surface area contributed by atoms with Gasteiger partial charge >= 0.3 is 0 Å². The first-order valence-electron chi connectivity index (χ1n) is 8.02. The van der Waals surface area contributed by atoms with Crippen LogP contribution in [0.25, 0.3) is 0 Å². The van der Waals surface area contributed by atoms with E-state index in [4.69, 9.17) is 4.98 Å². The van der Waals surface area contributed by atoms with Crippen LogP contribution >= 0.6 is 0 Å². The second kappa shape index (κ2) is 7.58. The van der Waals surface area contributed by atoms with Gasteiger partial charge in [-0.15, -0.1) is 0 Å². The molecule has 1 fully saturated rings. The first-order valence-corrected chi connectivity index (χ1v) is 8.02. The Morgan fingerprint density at radius 3 is 2.65 bits per heavy atom. The molecule has 2 rings (SSSR count). The van der Waals surface area contributed by atoms with Crippen molar-refractivity contribution < 1.29 is 0 Å². The molecule has 1 aliphatic rings.